The average Bonchev–Trinajstić information content (AvgIpc) is 2.48. The first kappa shape index (κ1) is 14.0. The predicted octanol–water partition coefficient (Wildman–Crippen LogP) is 2.15. The van der Waals surface area contributed by atoms with Crippen LogP contribution in [-0.2, 0) is 6.54 Å². The van der Waals surface area contributed by atoms with Crippen LogP contribution in [-0.4, -0.2) is 34.4 Å². The van der Waals surface area contributed by atoms with E-state index in [9.17, 15) is 4.79 Å². The third kappa shape index (κ3) is 3.54. The zero-order valence-electron chi connectivity index (χ0n) is 11.6. The minimum Gasteiger partial charge on any atom is -0.478 e. The molecule has 2 rings (SSSR count). The number of nitrogens with zero attached hydrogens (tertiary/aromatic N) is 3. The van der Waals surface area contributed by atoms with Gasteiger partial charge >= 0.3 is 0 Å². The van der Waals surface area contributed by atoms with Crippen LogP contribution in [0.4, 0.5) is 0 Å². The number of amides is 1. The van der Waals surface area contributed by atoms with E-state index >= 15 is 0 Å². The first-order chi connectivity index (χ1) is 9.70. The number of benzene rings is 1. The molecule has 5 heteroatoms. The number of carbonyl (C=O) groups is 1. The van der Waals surface area contributed by atoms with Crippen molar-refractivity contribution in [3.8, 4) is 5.88 Å². The molecule has 0 fully saturated rings. The van der Waals surface area contributed by atoms with E-state index in [4.69, 9.17) is 4.74 Å². The fourth-order valence-corrected chi connectivity index (χ4v) is 1.81. The molecule has 1 heterocycles. The highest BCUT2D eigenvalue weighted by Crippen LogP contribution is 2.10. The van der Waals surface area contributed by atoms with E-state index in [0.29, 0.717) is 24.7 Å². The fraction of sp³-hybridized carbons (Fsp3) is 0.267. The van der Waals surface area contributed by atoms with Crippen molar-refractivity contribution in [2.75, 3.05) is 13.7 Å². The Kier molecular flexibility index (Phi) is 4.65. The average molecular weight is 271 g/mol. The number of carbonyl (C=O) groups excluding carboxylic acids is 1. The van der Waals surface area contributed by atoms with Gasteiger partial charge in [-0.05, 0) is 12.5 Å². The predicted molar refractivity (Wildman–Crippen MR) is 75.4 cm³/mol. The van der Waals surface area contributed by atoms with Crippen LogP contribution in [0.25, 0.3) is 0 Å². The van der Waals surface area contributed by atoms with Crippen LogP contribution >= 0.6 is 0 Å². The largest absolute Gasteiger partial charge is 0.478 e. The lowest BCUT2D eigenvalue weighted by atomic mass is 10.2. The van der Waals surface area contributed by atoms with Crippen LogP contribution in [0.2, 0.25) is 0 Å². The van der Waals surface area contributed by atoms with Gasteiger partial charge in [-0.2, -0.15) is 0 Å². The van der Waals surface area contributed by atoms with Crippen molar-refractivity contribution < 1.29 is 9.53 Å². The molecule has 1 amide bonds. The van der Waals surface area contributed by atoms with Gasteiger partial charge in [0.2, 0.25) is 5.88 Å². The summed E-state index contributed by atoms with van der Waals surface area (Å²) in [4.78, 5) is 21.9. The van der Waals surface area contributed by atoms with E-state index in [1.165, 1.54) is 6.33 Å². The van der Waals surface area contributed by atoms with Gasteiger partial charge in [0, 0.05) is 19.7 Å². The summed E-state index contributed by atoms with van der Waals surface area (Å²) in [5.74, 6) is 0.260. The Morgan fingerprint density at radius 3 is 2.70 bits per heavy atom. The summed E-state index contributed by atoms with van der Waals surface area (Å²) in [5, 5.41) is 0. The molecule has 1 aromatic carbocycles. The van der Waals surface area contributed by atoms with Crippen molar-refractivity contribution in [1.29, 1.82) is 0 Å². The van der Waals surface area contributed by atoms with Crippen LogP contribution in [0, 0.1) is 0 Å². The number of hydrogen-bond donors (Lipinski definition) is 0. The second-order valence-electron chi connectivity index (χ2n) is 4.32. The third-order valence-corrected chi connectivity index (χ3v) is 2.76. The Hall–Kier alpha value is -2.43. The summed E-state index contributed by atoms with van der Waals surface area (Å²) >= 11 is 0. The normalized spacial score (nSPS) is 10.1. The maximum absolute atomic E-state index is 12.3. The molecule has 0 aliphatic rings. The second kappa shape index (κ2) is 6.65. The fourth-order valence-electron chi connectivity index (χ4n) is 1.81. The molecule has 0 radical (unpaired) electrons. The van der Waals surface area contributed by atoms with Crippen LogP contribution in [0.3, 0.4) is 0 Å². The molecule has 0 bridgehead atoms. The topological polar surface area (TPSA) is 55.3 Å². The minimum atomic E-state index is -0.155. The van der Waals surface area contributed by atoms with Crippen LogP contribution in [0.5, 0.6) is 5.88 Å². The second-order valence-corrected chi connectivity index (χ2v) is 4.32. The zero-order valence-corrected chi connectivity index (χ0v) is 11.6. The van der Waals surface area contributed by atoms with Gasteiger partial charge < -0.3 is 9.64 Å². The van der Waals surface area contributed by atoms with Gasteiger partial charge in [0.05, 0.1) is 6.61 Å². The van der Waals surface area contributed by atoms with Gasteiger partial charge in [-0.3, -0.25) is 4.79 Å². The summed E-state index contributed by atoms with van der Waals surface area (Å²) in [6.45, 7) is 2.91. The van der Waals surface area contributed by atoms with Crippen molar-refractivity contribution in [1.82, 2.24) is 14.9 Å². The molecule has 2 aromatic rings. The zero-order chi connectivity index (χ0) is 14.4. The van der Waals surface area contributed by atoms with Gasteiger partial charge in [0.25, 0.3) is 5.91 Å². The van der Waals surface area contributed by atoms with E-state index in [0.717, 1.165) is 5.56 Å². The van der Waals surface area contributed by atoms with Crippen molar-refractivity contribution >= 4 is 5.91 Å². The van der Waals surface area contributed by atoms with Gasteiger partial charge in [0.15, 0.2) is 0 Å². The third-order valence-electron chi connectivity index (χ3n) is 2.76. The van der Waals surface area contributed by atoms with Gasteiger partial charge in [-0.15, -0.1) is 0 Å². The van der Waals surface area contributed by atoms with E-state index in [2.05, 4.69) is 9.97 Å². The molecular formula is C15H17N3O2. The van der Waals surface area contributed by atoms with E-state index in [-0.39, 0.29) is 5.91 Å². The summed E-state index contributed by atoms with van der Waals surface area (Å²) < 4.78 is 5.27. The molecule has 0 saturated carbocycles. The highest BCUT2D eigenvalue weighted by molar-refractivity contribution is 5.92. The van der Waals surface area contributed by atoms with Gasteiger partial charge in [-0.25, -0.2) is 9.97 Å². The highest BCUT2D eigenvalue weighted by atomic mass is 16.5. The summed E-state index contributed by atoms with van der Waals surface area (Å²) in [6.07, 6.45) is 1.34. The first-order valence-corrected chi connectivity index (χ1v) is 6.45. The molecule has 5 nitrogen and oxygen atoms in total. The van der Waals surface area contributed by atoms with Crippen molar-refractivity contribution in [3.05, 3.63) is 54.0 Å². The summed E-state index contributed by atoms with van der Waals surface area (Å²) in [5.41, 5.74) is 1.41. The van der Waals surface area contributed by atoms with Crippen LogP contribution < -0.4 is 4.74 Å². The van der Waals surface area contributed by atoms with Gasteiger partial charge in [0.1, 0.15) is 12.0 Å². The number of hydrogen-bond acceptors (Lipinski definition) is 4. The Bertz CT molecular complexity index is 572. The smallest absolute Gasteiger partial charge is 0.272 e. The van der Waals surface area contributed by atoms with E-state index in [1.54, 1.807) is 18.0 Å². The Morgan fingerprint density at radius 2 is 2.00 bits per heavy atom. The van der Waals surface area contributed by atoms with Crippen molar-refractivity contribution in [2.24, 2.45) is 0 Å². The lowest BCUT2D eigenvalue weighted by Gasteiger charge is -2.16. The van der Waals surface area contributed by atoms with Crippen molar-refractivity contribution in [2.45, 2.75) is 13.5 Å². The Balaban J connectivity index is 2.08. The van der Waals surface area contributed by atoms with Crippen LogP contribution in [0.15, 0.2) is 42.7 Å². The number of aromatic nitrogens is 2. The lowest BCUT2D eigenvalue weighted by molar-refractivity contribution is 0.0778. The molecular weight excluding hydrogens is 254 g/mol. The van der Waals surface area contributed by atoms with E-state index < -0.39 is 0 Å². The molecule has 0 spiro atoms. The summed E-state index contributed by atoms with van der Waals surface area (Å²) in [7, 11) is 1.75. The molecule has 0 saturated heterocycles. The minimum absolute atomic E-state index is 0.155. The lowest BCUT2D eigenvalue weighted by Crippen LogP contribution is -2.27. The SMILES string of the molecule is CCOc1cc(C(=O)N(C)Cc2ccccc2)ncn1. The first-order valence-electron chi connectivity index (χ1n) is 6.45. The molecule has 20 heavy (non-hydrogen) atoms. The monoisotopic (exact) mass is 271 g/mol. The maximum atomic E-state index is 12.3. The summed E-state index contributed by atoms with van der Waals surface area (Å²) in [6, 6.07) is 11.4. The number of ether oxygens (including phenoxy) is 1. The molecule has 0 aliphatic heterocycles. The Morgan fingerprint density at radius 1 is 1.25 bits per heavy atom. The standard InChI is InChI=1S/C15H17N3O2/c1-3-20-14-9-13(16-11-17-14)15(19)18(2)10-12-7-5-4-6-8-12/h4-9,11H,3,10H2,1-2H3. The molecule has 0 N–H and O–H groups in total. The van der Waals surface area contributed by atoms with Crippen LogP contribution in [0.1, 0.15) is 23.0 Å². The molecule has 0 aliphatic carbocycles. The molecule has 0 atom stereocenters. The number of rotatable bonds is 5. The highest BCUT2D eigenvalue weighted by Gasteiger charge is 2.14. The van der Waals surface area contributed by atoms with Gasteiger partial charge in [-0.1, -0.05) is 30.3 Å². The Labute approximate surface area is 118 Å². The van der Waals surface area contributed by atoms with E-state index in [1.807, 2.05) is 37.3 Å². The quantitative estimate of drug-likeness (QED) is 0.836. The molecule has 1 aromatic heterocycles. The molecule has 104 valence electrons. The molecule has 0 unspecified atom stereocenters. The maximum Gasteiger partial charge on any atom is 0.272 e. The van der Waals surface area contributed by atoms with Crippen molar-refractivity contribution in [3.63, 3.8) is 0 Å².